The molecule has 1 heterocycles. The number of rotatable bonds is 5. The molecule has 2 rings (SSSR count). The molecule has 0 amide bonds. The summed E-state index contributed by atoms with van der Waals surface area (Å²) in [6.45, 7) is 3.05. The summed E-state index contributed by atoms with van der Waals surface area (Å²) in [7, 11) is 0. The van der Waals surface area contributed by atoms with Gasteiger partial charge in [-0.15, -0.1) is 0 Å². The Balaban J connectivity index is 2.30. The number of aliphatic hydroxyl groups excluding tert-OH is 1. The predicted molar refractivity (Wildman–Crippen MR) is 65.1 cm³/mol. The van der Waals surface area contributed by atoms with Gasteiger partial charge in [-0.05, 0) is 24.6 Å². The van der Waals surface area contributed by atoms with Crippen molar-refractivity contribution in [3.05, 3.63) is 29.6 Å². The molecule has 1 aliphatic heterocycles. The minimum atomic E-state index is -0.733. The van der Waals surface area contributed by atoms with Gasteiger partial charge in [0.15, 0.2) is 11.6 Å². The summed E-state index contributed by atoms with van der Waals surface area (Å²) in [5.74, 6) is -0.205. The van der Waals surface area contributed by atoms with E-state index in [1.807, 2.05) is 0 Å². The van der Waals surface area contributed by atoms with E-state index in [0.29, 0.717) is 25.4 Å². The number of halogens is 1. The molecule has 1 fully saturated rings. The molecule has 1 aromatic carbocycles. The molecule has 1 atom stereocenters. The molecule has 1 aromatic rings. The first-order chi connectivity index (χ1) is 8.64. The van der Waals surface area contributed by atoms with Gasteiger partial charge in [-0.25, -0.2) is 4.39 Å². The fourth-order valence-electron chi connectivity index (χ4n) is 2.18. The van der Waals surface area contributed by atoms with Gasteiger partial charge in [-0.2, -0.15) is 0 Å². The van der Waals surface area contributed by atoms with Gasteiger partial charge in [-0.3, -0.25) is 0 Å². The van der Waals surface area contributed by atoms with E-state index in [1.165, 1.54) is 6.07 Å². The Hall–Kier alpha value is -1.17. The van der Waals surface area contributed by atoms with Crippen molar-refractivity contribution in [2.24, 2.45) is 5.73 Å². The van der Waals surface area contributed by atoms with Gasteiger partial charge in [-0.1, -0.05) is 6.07 Å². The van der Waals surface area contributed by atoms with E-state index >= 15 is 0 Å². The van der Waals surface area contributed by atoms with E-state index in [2.05, 4.69) is 0 Å². The molecule has 1 aliphatic rings. The van der Waals surface area contributed by atoms with Crippen molar-refractivity contribution in [3.63, 3.8) is 0 Å². The lowest BCUT2D eigenvalue weighted by Crippen LogP contribution is -2.57. The van der Waals surface area contributed by atoms with Crippen molar-refractivity contribution in [1.29, 1.82) is 0 Å². The number of ether oxygens (including phenoxy) is 2. The van der Waals surface area contributed by atoms with Crippen molar-refractivity contribution in [2.45, 2.75) is 18.4 Å². The Morgan fingerprint density at radius 3 is 2.72 bits per heavy atom. The van der Waals surface area contributed by atoms with Crippen molar-refractivity contribution in [3.8, 4) is 5.75 Å². The van der Waals surface area contributed by atoms with Gasteiger partial charge >= 0.3 is 0 Å². The first-order valence-electron chi connectivity index (χ1n) is 6.02. The highest BCUT2D eigenvalue weighted by Crippen LogP contribution is 2.37. The highest BCUT2D eigenvalue weighted by Gasteiger charge is 2.46. The highest BCUT2D eigenvalue weighted by atomic mass is 19.1. The van der Waals surface area contributed by atoms with Gasteiger partial charge in [0, 0.05) is 6.54 Å². The van der Waals surface area contributed by atoms with Gasteiger partial charge in [0.2, 0.25) is 0 Å². The topological polar surface area (TPSA) is 64.7 Å². The molecule has 1 saturated heterocycles. The summed E-state index contributed by atoms with van der Waals surface area (Å²) in [5, 5.41) is 9.99. The minimum absolute atomic E-state index is 0.123. The van der Waals surface area contributed by atoms with Crippen LogP contribution in [0.15, 0.2) is 18.2 Å². The summed E-state index contributed by atoms with van der Waals surface area (Å²) in [6, 6.07) is 4.74. The van der Waals surface area contributed by atoms with Crippen molar-refractivity contribution in [2.75, 3.05) is 26.4 Å². The lowest BCUT2D eigenvalue weighted by atomic mass is 9.74. The van der Waals surface area contributed by atoms with Crippen LogP contribution in [0.5, 0.6) is 5.75 Å². The zero-order valence-electron chi connectivity index (χ0n) is 10.4. The van der Waals surface area contributed by atoms with Crippen LogP contribution >= 0.6 is 0 Å². The first kappa shape index (κ1) is 13.3. The van der Waals surface area contributed by atoms with E-state index in [0.717, 1.165) is 0 Å². The fourth-order valence-corrected chi connectivity index (χ4v) is 2.18. The molecule has 100 valence electrons. The Labute approximate surface area is 106 Å². The Bertz CT molecular complexity index is 421. The second-order valence-electron chi connectivity index (χ2n) is 4.48. The van der Waals surface area contributed by atoms with E-state index < -0.39 is 17.3 Å². The number of aliphatic hydroxyl groups is 1. The third-order valence-electron chi connectivity index (χ3n) is 3.39. The van der Waals surface area contributed by atoms with Gasteiger partial charge < -0.3 is 20.3 Å². The molecule has 4 nitrogen and oxygen atoms in total. The number of benzene rings is 1. The number of nitrogens with two attached hydrogens (primary N) is 1. The maximum Gasteiger partial charge on any atom is 0.165 e. The Morgan fingerprint density at radius 2 is 2.28 bits per heavy atom. The molecule has 0 spiro atoms. The molecule has 0 saturated carbocycles. The third kappa shape index (κ3) is 2.09. The predicted octanol–water partition coefficient (Wildman–Crippen LogP) is 0.812. The average molecular weight is 255 g/mol. The van der Waals surface area contributed by atoms with Crippen molar-refractivity contribution < 1.29 is 19.0 Å². The van der Waals surface area contributed by atoms with Crippen LogP contribution < -0.4 is 10.5 Å². The van der Waals surface area contributed by atoms with E-state index in [1.54, 1.807) is 19.1 Å². The molecule has 0 radical (unpaired) electrons. The number of hydrogen-bond acceptors (Lipinski definition) is 4. The molecular weight excluding hydrogens is 237 g/mol. The van der Waals surface area contributed by atoms with Gasteiger partial charge in [0.25, 0.3) is 0 Å². The average Bonchev–Trinajstić information content (AvgIpc) is 2.31. The van der Waals surface area contributed by atoms with Crippen LogP contribution in [0.4, 0.5) is 4.39 Å². The van der Waals surface area contributed by atoms with Crippen LogP contribution in [-0.2, 0) is 10.2 Å². The van der Waals surface area contributed by atoms with Crippen molar-refractivity contribution in [1.82, 2.24) is 0 Å². The lowest BCUT2D eigenvalue weighted by Gasteiger charge is -2.45. The van der Waals surface area contributed by atoms with Gasteiger partial charge in [0.1, 0.15) is 0 Å². The van der Waals surface area contributed by atoms with Crippen LogP contribution in [0.2, 0.25) is 0 Å². The standard InChI is InChI=1S/C13H18FNO3/c1-2-18-11-4-3-9(5-10(11)14)13(7-17-8-13)12(16)6-15/h3-5,12,16H,2,6-8,15H2,1H3. The van der Waals surface area contributed by atoms with E-state index in [9.17, 15) is 9.50 Å². The van der Waals surface area contributed by atoms with E-state index in [-0.39, 0.29) is 12.3 Å². The smallest absolute Gasteiger partial charge is 0.165 e. The summed E-state index contributed by atoms with van der Waals surface area (Å²) >= 11 is 0. The molecule has 0 aromatic heterocycles. The SMILES string of the molecule is CCOc1ccc(C2(C(O)CN)COC2)cc1F. The quantitative estimate of drug-likeness (QED) is 0.817. The molecule has 3 N–H and O–H groups in total. The van der Waals surface area contributed by atoms with Crippen LogP contribution in [0, 0.1) is 5.82 Å². The zero-order chi connectivity index (χ0) is 13.2. The Kier molecular flexibility index (Phi) is 3.85. The number of hydrogen-bond donors (Lipinski definition) is 2. The first-order valence-corrected chi connectivity index (χ1v) is 6.02. The summed E-state index contributed by atoms with van der Waals surface area (Å²) < 4.78 is 24.1. The molecule has 0 bridgehead atoms. The van der Waals surface area contributed by atoms with Crippen LogP contribution in [0.1, 0.15) is 12.5 Å². The minimum Gasteiger partial charge on any atom is -0.491 e. The fraction of sp³-hybridized carbons (Fsp3) is 0.538. The summed E-state index contributed by atoms with van der Waals surface area (Å²) in [6.07, 6.45) is -0.733. The largest absolute Gasteiger partial charge is 0.491 e. The van der Waals surface area contributed by atoms with Crippen LogP contribution in [-0.4, -0.2) is 37.6 Å². The second kappa shape index (κ2) is 5.22. The molecular formula is C13H18FNO3. The molecule has 1 unspecified atom stereocenters. The highest BCUT2D eigenvalue weighted by molar-refractivity contribution is 5.36. The normalized spacial score (nSPS) is 19.1. The summed E-state index contributed by atoms with van der Waals surface area (Å²) in [5.41, 5.74) is 5.62. The summed E-state index contributed by atoms with van der Waals surface area (Å²) in [4.78, 5) is 0. The maximum absolute atomic E-state index is 13.8. The monoisotopic (exact) mass is 255 g/mol. The second-order valence-corrected chi connectivity index (χ2v) is 4.48. The van der Waals surface area contributed by atoms with Crippen LogP contribution in [0.3, 0.4) is 0 Å². The third-order valence-corrected chi connectivity index (χ3v) is 3.39. The molecule has 5 heteroatoms. The van der Waals surface area contributed by atoms with Gasteiger partial charge in [0.05, 0.1) is 31.3 Å². The lowest BCUT2D eigenvalue weighted by molar-refractivity contribution is -0.116. The maximum atomic E-state index is 13.8. The van der Waals surface area contributed by atoms with Crippen LogP contribution in [0.25, 0.3) is 0 Å². The molecule has 18 heavy (non-hydrogen) atoms. The molecule has 0 aliphatic carbocycles. The Morgan fingerprint density at radius 1 is 1.56 bits per heavy atom. The van der Waals surface area contributed by atoms with Crippen molar-refractivity contribution >= 4 is 0 Å². The zero-order valence-corrected chi connectivity index (χ0v) is 10.4. The van der Waals surface area contributed by atoms with E-state index in [4.69, 9.17) is 15.2 Å².